The summed E-state index contributed by atoms with van der Waals surface area (Å²) < 4.78 is 1.87. The SMILES string of the molecule is CC(=O)CCCn1cc(C2CCCC2)nn1. The van der Waals surface area contributed by atoms with Crippen LogP contribution in [0.1, 0.15) is 57.1 Å². The van der Waals surface area contributed by atoms with E-state index in [1.807, 2.05) is 4.68 Å². The van der Waals surface area contributed by atoms with Gasteiger partial charge in [-0.3, -0.25) is 4.68 Å². The van der Waals surface area contributed by atoms with Gasteiger partial charge in [0.2, 0.25) is 0 Å². The highest BCUT2D eigenvalue weighted by molar-refractivity contribution is 5.75. The van der Waals surface area contributed by atoms with Crippen molar-refractivity contribution < 1.29 is 4.79 Å². The number of hydrogen-bond acceptors (Lipinski definition) is 3. The molecule has 0 saturated heterocycles. The second-order valence-corrected chi connectivity index (χ2v) is 4.69. The molecule has 0 N–H and O–H groups in total. The van der Waals surface area contributed by atoms with Gasteiger partial charge in [0.05, 0.1) is 5.69 Å². The van der Waals surface area contributed by atoms with Crippen LogP contribution in [0, 0.1) is 0 Å². The molecule has 16 heavy (non-hydrogen) atoms. The number of nitrogens with zero attached hydrogens (tertiary/aromatic N) is 3. The van der Waals surface area contributed by atoms with Gasteiger partial charge in [0.25, 0.3) is 0 Å². The minimum atomic E-state index is 0.246. The van der Waals surface area contributed by atoms with E-state index in [2.05, 4.69) is 16.5 Å². The van der Waals surface area contributed by atoms with Crippen molar-refractivity contribution in [1.82, 2.24) is 15.0 Å². The lowest BCUT2D eigenvalue weighted by atomic mass is 10.1. The lowest BCUT2D eigenvalue weighted by Crippen LogP contribution is -2.01. The van der Waals surface area contributed by atoms with Crippen molar-refractivity contribution in [1.29, 1.82) is 0 Å². The molecule has 4 heteroatoms. The zero-order valence-corrected chi connectivity index (χ0v) is 9.85. The van der Waals surface area contributed by atoms with Gasteiger partial charge in [0.1, 0.15) is 5.78 Å². The molecule has 4 nitrogen and oxygen atoms in total. The highest BCUT2D eigenvalue weighted by Crippen LogP contribution is 2.32. The Kier molecular flexibility index (Phi) is 3.70. The molecule has 0 unspecified atom stereocenters. The van der Waals surface area contributed by atoms with E-state index in [1.165, 1.54) is 25.7 Å². The quantitative estimate of drug-likeness (QED) is 0.766. The van der Waals surface area contributed by atoms with E-state index in [0.717, 1.165) is 18.7 Å². The van der Waals surface area contributed by atoms with Crippen LogP contribution in [0.3, 0.4) is 0 Å². The molecule has 1 aromatic heterocycles. The Balaban J connectivity index is 1.84. The van der Waals surface area contributed by atoms with Crippen molar-refractivity contribution in [3.8, 4) is 0 Å². The summed E-state index contributed by atoms with van der Waals surface area (Å²) >= 11 is 0. The molecule has 2 rings (SSSR count). The molecular formula is C12H19N3O. The molecule has 1 saturated carbocycles. The van der Waals surface area contributed by atoms with Crippen LogP contribution >= 0.6 is 0 Å². The summed E-state index contributed by atoms with van der Waals surface area (Å²) in [7, 11) is 0. The first-order valence-electron chi connectivity index (χ1n) is 6.15. The topological polar surface area (TPSA) is 47.8 Å². The third kappa shape index (κ3) is 2.90. The lowest BCUT2D eigenvalue weighted by Gasteiger charge is -2.02. The van der Waals surface area contributed by atoms with Crippen molar-refractivity contribution in [3.63, 3.8) is 0 Å². The molecule has 0 aliphatic heterocycles. The molecule has 0 amide bonds. The average Bonchev–Trinajstić information content (AvgIpc) is 2.85. The smallest absolute Gasteiger partial charge is 0.129 e. The lowest BCUT2D eigenvalue weighted by molar-refractivity contribution is -0.117. The first kappa shape index (κ1) is 11.3. The van der Waals surface area contributed by atoms with Gasteiger partial charge in [-0.25, -0.2) is 0 Å². The van der Waals surface area contributed by atoms with Crippen LogP contribution in [-0.4, -0.2) is 20.8 Å². The second kappa shape index (κ2) is 5.23. The number of aryl methyl sites for hydroxylation is 1. The highest BCUT2D eigenvalue weighted by Gasteiger charge is 2.19. The maximum Gasteiger partial charge on any atom is 0.129 e. The fourth-order valence-corrected chi connectivity index (χ4v) is 2.32. The van der Waals surface area contributed by atoms with Gasteiger partial charge in [-0.05, 0) is 26.2 Å². The van der Waals surface area contributed by atoms with Gasteiger partial charge in [0, 0.05) is 25.1 Å². The fourth-order valence-electron chi connectivity index (χ4n) is 2.32. The molecule has 88 valence electrons. The Hall–Kier alpha value is -1.19. The first-order chi connectivity index (χ1) is 7.75. The van der Waals surface area contributed by atoms with Crippen LogP contribution in [0.15, 0.2) is 6.20 Å². The van der Waals surface area contributed by atoms with Crippen LogP contribution in [0.25, 0.3) is 0 Å². The van der Waals surface area contributed by atoms with Crippen molar-refractivity contribution in [3.05, 3.63) is 11.9 Å². The number of aromatic nitrogens is 3. The molecule has 1 aliphatic rings. The maximum absolute atomic E-state index is 10.8. The number of rotatable bonds is 5. The van der Waals surface area contributed by atoms with Crippen molar-refractivity contribution in [2.45, 2.75) is 57.9 Å². The Morgan fingerprint density at radius 2 is 2.25 bits per heavy atom. The highest BCUT2D eigenvalue weighted by atomic mass is 16.1. The fraction of sp³-hybridized carbons (Fsp3) is 0.750. The molecule has 0 bridgehead atoms. The summed E-state index contributed by atoms with van der Waals surface area (Å²) in [5, 5.41) is 8.34. The molecule has 0 radical (unpaired) electrons. The maximum atomic E-state index is 10.8. The summed E-state index contributed by atoms with van der Waals surface area (Å²) in [6.45, 7) is 2.44. The molecular weight excluding hydrogens is 202 g/mol. The largest absolute Gasteiger partial charge is 0.300 e. The normalized spacial score (nSPS) is 16.8. The summed E-state index contributed by atoms with van der Waals surface area (Å²) in [6.07, 6.45) is 8.71. The first-order valence-corrected chi connectivity index (χ1v) is 6.15. The Morgan fingerprint density at radius 3 is 2.94 bits per heavy atom. The van der Waals surface area contributed by atoms with E-state index in [-0.39, 0.29) is 5.78 Å². The van der Waals surface area contributed by atoms with E-state index in [4.69, 9.17) is 0 Å². The van der Waals surface area contributed by atoms with Crippen molar-refractivity contribution in [2.24, 2.45) is 0 Å². The average molecular weight is 221 g/mol. The third-order valence-corrected chi connectivity index (χ3v) is 3.25. The van der Waals surface area contributed by atoms with E-state index in [9.17, 15) is 4.79 Å². The van der Waals surface area contributed by atoms with Gasteiger partial charge in [-0.1, -0.05) is 18.1 Å². The molecule has 1 heterocycles. The number of hydrogen-bond donors (Lipinski definition) is 0. The summed E-state index contributed by atoms with van der Waals surface area (Å²) in [5.74, 6) is 0.873. The second-order valence-electron chi connectivity index (χ2n) is 4.69. The monoisotopic (exact) mass is 221 g/mol. The van der Waals surface area contributed by atoms with E-state index < -0.39 is 0 Å². The molecule has 0 atom stereocenters. The van der Waals surface area contributed by atoms with Gasteiger partial charge in [-0.15, -0.1) is 5.10 Å². The van der Waals surface area contributed by atoms with Crippen molar-refractivity contribution in [2.75, 3.05) is 0 Å². The standard InChI is InChI=1S/C12H19N3O/c1-10(16)5-4-8-15-9-12(13-14-15)11-6-2-3-7-11/h9,11H,2-8H2,1H3. The van der Waals surface area contributed by atoms with E-state index in [1.54, 1.807) is 6.92 Å². The number of Topliss-reactive ketones (excluding diaryl/α,β-unsaturated/α-hetero) is 1. The summed E-state index contributed by atoms with van der Waals surface area (Å²) in [4.78, 5) is 10.8. The van der Waals surface area contributed by atoms with Gasteiger partial charge >= 0.3 is 0 Å². The number of carbonyl (C=O) groups is 1. The van der Waals surface area contributed by atoms with Crippen LogP contribution in [-0.2, 0) is 11.3 Å². The molecule has 1 aliphatic carbocycles. The number of ketones is 1. The third-order valence-electron chi connectivity index (χ3n) is 3.25. The van der Waals surface area contributed by atoms with Crippen LogP contribution in [0.4, 0.5) is 0 Å². The minimum absolute atomic E-state index is 0.246. The van der Waals surface area contributed by atoms with Crippen LogP contribution in [0.2, 0.25) is 0 Å². The van der Waals surface area contributed by atoms with Crippen LogP contribution in [0.5, 0.6) is 0 Å². The summed E-state index contributed by atoms with van der Waals surface area (Å²) in [5.41, 5.74) is 1.14. The predicted octanol–water partition coefficient (Wildman–Crippen LogP) is 2.30. The minimum Gasteiger partial charge on any atom is -0.300 e. The predicted molar refractivity (Wildman–Crippen MR) is 61.1 cm³/mol. The zero-order valence-electron chi connectivity index (χ0n) is 9.85. The molecule has 1 aromatic rings. The zero-order chi connectivity index (χ0) is 11.4. The Labute approximate surface area is 96.0 Å². The Morgan fingerprint density at radius 1 is 1.50 bits per heavy atom. The Bertz CT molecular complexity index is 353. The van der Waals surface area contributed by atoms with E-state index >= 15 is 0 Å². The van der Waals surface area contributed by atoms with Gasteiger partial charge in [0.15, 0.2) is 0 Å². The van der Waals surface area contributed by atoms with E-state index in [0.29, 0.717) is 12.3 Å². The molecule has 1 fully saturated rings. The van der Waals surface area contributed by atoms with Crippen LogP contribution < -0.4 is 0 Å². The van der Waals surface area contributed by atoms with Gasteiger partial charge in [-0.2, -0.15) is 0 Å². The number of carbonyl (C=O) groups excluding carboxylic acids is 1. The van der Waals surface area contributed by atoms with Gasteiger partial charge < -0.3 is 4.79 Å². The summed E-state index contributed by atoms with van der Waals surface area (Å²) in [6, 6.07) is 0. The molecule has 0 spiro atoms. The van der Waals surface area contributed by atoms with Crippen molar-refractivity contribution >= 4 is 5.78 Å². The molecule has 0 aromatic carbocycles.